The highest BCUT2D eigenvalue weighted by Crippen LogP contribution is 2.35. The van der Waals surface area contributed by atoms with Gasteiger partial charge in [0, 0.05) is 5.92 Å². The summed E-state index contributed by atoms with van der Waals surface area (Å²) in [5.41, 5.74) is 6.63. The van der Waals surface area contributed by atoms with Crippen LogP contribution in [0.2, 0.25) is 0 Å². The molecule has 0 aromatic heterocycles. The van der Waals surface area contributed by atoms with E-state index < -0.39 is 0 Å². The van der Waals surface area contributed by atoms with E-state index in [2.05, 4.69) is 79.8 Å². The third-order valence-corrected chi connectivity index (χ3v) is 4.45. The number of methoxy groups -OCH3 is 1. The van der Waals surface area contributed by atoms with E-state index in [0.717, 1.165) is 5.75 Å². The highest BCUT2D eigenvalue weighted by molar-refractivity contribution is 5.49. The summed E-state index contributed by atoms with van der Waals surface area (Å²) in [5, 5.41) is 2.75. The molecule has 3 aromatic carbocycles. The van der Waals surface area contributed by atoms with Crippen molar-refractivity contribution in [2.24, 2.45) is 0 Å². The van der Waals surface area contributed by atoms with Crippen molar-refractivity contribution in [3.63, 3.8) is 0 Å². The van der Waals surface area contributed by atoms with Gasteiger partial charge in [-0.05, 0) is 67.9 Å². The van der Waals surface area contributed by atoms with Crippen LogP contribution in [0.25, 0.3) is 0 Å². The van der Waals surface area contributed by atoms with Crippen LogP contribution in [0.3, 0.4) is 0 Å². The van der Waals surface area contributed by atoms with Gasteiger partial charge in [-0.3, -0.25) is 0 Å². The van der Waals surface area contributed by atoms with E-state index in [9.17, 15) is 0 Å². The van der Waals surface area contributed by atoms with Crippen molar-refractivity contribution >= 4 is 0 Å². The average Bonchev–Trinajstić information content (AvgIpc) is 2.66. The topological polar surface area (TPSA) is 21.3 Å². The van der Waals surface area contributed by atoms with Crippen molar-refractivity contribution in [1.29, 1.82) is 0 Å². The van der Waals surface area contributed by atoms with E-state index in [1.165, 1.54) is 27.8 Å². The molecule has 0 unspecified atom stereocenters. The van der Waals surface area contributed by atoms with Crippen LogP contribution in [-0.4, -0.2) is 21.2 Å². The molecule has 0 aliphatic heterocycles. The minimum absolute atomic E-state index is 0.239. The Morgan fingerprint density at radius 2 is 1.12 bits per heavy atom. The zero-order chi connectivity index (χ0) is 18.9. The summed E-state index contributed by atoms with van der Waals surface area (Å²) < 4.78 is 5.31. The molecule has 2 nitrogen and oxygen atoms in total. The molecule has 0 saturated heterocycles. The molecule has 0 saturated carbocycles. The van der Waals surface area contributed by atoms with Crippen LogP contribution >= 0.6 is 0 Å². The van der Waals surface area contributed by atoms with E-state index in [0.29, 0.717) is 0 Å². The van der Waals surface area contributed by atoms with Gasteiger partial charge in [0.25, 0.3) is 0 Å². The van der Waals surface area contributed by atoms with Crippen LogP contribution in [0.15, 0.2) is 72.8 Å². The molecule has 26 heavy (non-hydrogen) atoms. The number of aryl methyl sites for hydroxylation is 2. The second kappa shape index (κ2) is 9.79. The fourth-order valence-corrected chi connectivity index (χ4v) is 3.14. The molecule has 0 aliphatic rings. The number of nitrogens with one attached hydrogen (secondary N) is 1. The third kappa shape index (κ3) is 4.74. The molecule has 3 rings (SSSR count). The first-order valence-corrected chi connectivity index (χ1v) is 8.95. The summed E-state index contributed by atoms with van der Waals surface area (Å²) in [6.45, 7) is 4.37. The van der Waals surface area contributed by atoms with Gasteiger partial charge < -0.3 is 10.1 Å². The van der Waals surface area contributed by atoms with E-state index in [1.807, 2.05) is 26.2 Å². The van der Waals surface area contributed by atoms with Gasteiger partial charge in [-0.25, -0.2) is 0 Å². The average molecular weight is 348 g/mol. The molecule has 0 atom stereocenters. The lowest BCUT2D eigenvalue weighted by molar-refractivity contribution is 0.414. The number of ether oxygens (including phenoxy) is 1. The van der Waals surface area contributed by atoms with Gasteiger partial charge in [0.2, 0.25) is 0 Å². The Kier molecular flexibility index (Phi) is 7.43. The van der Waals surface area contributed by atoms with Crippen LogP contribution in [0, 0.1) is 13.8 Å². The first-order chi connectivity index (χ1) is 12.6. The Morgan fingerprint density at radius 1 is 0.692 bits per heavy atom. The standard InChI is InChI=1S/C22H22O.C2H7N/c1-16-8-4-6-10-20(16)22(21-11-7-5-9-17(21)2)18-12-14-19(23-3)15-13-18;1-3-2/h4-15,22H,1-3H3;3H,1-2H3. The maximum atomic E-state index is 5.31. The summed E-state index contributed by atoms with van der Waals surface area (Å²) in [4.78, 5) is 0. The van der Waals surface area contributed by atoms with Gasteiger partial charge in [0.05, 0.1) is 7.11 Å². The molecule has 0 bridgehead atoms. The number of rotatable bonds is 4. The molecule has 3 aromatic rings. The lowest BCUT2D eigenvalue weighted by atomic mass is 9.81. The third-order valence-electron chi connectivity index (χ3n) is 4.45. The second-order valence-corrected chi connectivity index (χ2v) is 6.42. The van der Waals surface area contributed by atoms with Crippen molar-refractivity contribution in [1.82, 2.24) is 5.32 Å². The molecule has 2 heteroatoms. The molecule has 0 spiro atoms. The molecule has 0 fully saturated rings. The highest BCUT2D eigenvalue weighted by Gasteiger charge is 2.19. The minimum atomic E-state index is 0.239. The maximum absolute atomic E-state index is 5.31. The number of benzene rings is 3. The van der Waals surface area contributed by atoms with E-state index >= 15 is 0 Å². The molecule has 0 amide bonds. The maximum Gasteiger partial charge on any atom is 0.118 e. The fraction of sp³-hybridized carbons (Fsp3) is 0.250. The fourth-order valence-electron chi connectivity index (χ4n) is 3.14. The van der Waals surface area contributed by atoms with Gasteiger partial charge in [0.1, 0.15) is 5.75 Å². The largest absolute Gasteiger partial charge is 0.497 e. The summed E-state index contributed by atoms with van der Waals surface area (Å²) in [5.74, 6) is 1.13. The smallest absolute Gasteiger partial charge is 0.118 e. The second-order valence-electron chi connectivity index (χ2n) is 6.42. The van der Waals surface area contributed by atoms with E-state index in [-0.39, 0.29) is 5.92 Å². The Balaban J connectivity index is 0.000000758. The lowest BCUT2D eigenvalue weighted by Gasteiger charge is -2.22. The molecule has 0 aliphatic carbocycles. The zero-order valence-electron chi connectivity index (χ0n) is 16.4. The lowest BCUT2D eigenvalue weighted by Crippen LogP contribution is -2.07. The molecule has 0 radical (unpaired) electrons. The van der Waals surface area contributed by atoms with Crippen molar-refractivity contribution in [3.05, 3.63) is 101 Å². The van der Waals surface area contributed by atoms with Crippen molar-refractivity contribution in [2.75, 3.05) is 21.2 Å². The monoisotopic (exact) mass is 347 g/mol. The summed E-state index contributed by atoms with van der Waals surface area (Å²) >= 11 is 0. The first kappa shape index (κ1) is 19.7. The van der Waals surface area contributed by atoms with Crippen molar-refractivity contribution < 1.29 is 4.74 Å². The highest BCUT2D eigenvalue weighted by atomic mass is 16.5. The van der Waals surface area contributed by atoms with Gasteiger partial charge in [-0.15, -0.1) is 0 Å². The Hall–Kier alpha value is -2.58. The first-order valence-electron chi connectivity index (χ1n) is 8.95. The Bertz CT molecular complexity index is 763. The molecular formula is C24H29NO. The van der Waals surface area contributed by atoms with Crippen LogP contribution < -0.4 is 10.1 Å². The normalized spacial score (nSPS) is 10.2. The minimum Gasteiger partial charge on any atom is -0.497 e. The summed E-state index contributed by atoms with van der Waals surface area (Å²) in [6, 6.07) is 25.7. The molecule has 1 N–H and O–H groups in total. The number of hydrogen-bond donors (Lipinski definition) is 1. The van der Waals surface area contributed by atoms with Crippen molar-refractivity contribution in [2.45, 2.75) is 19.8 Å². The zero-order valence-corrected chi connectivity index (χ0v) is 16.4. The van der Waals surface area contributed by atoms with E-state index in [1.54, 1.807) is 7.11 Å². The van der Waals surface area contributed by atoms with Gasteiger partial charge >= 0.3 is 0 Å². The van der Waals surface area contributed by atoms with E-state index in [4.69, 9.17) is 4.74 Å². The summed E-state index contributed by atoms with van der Waals surface area (Å²) in [6.07, 6.45) is 0. The SMILES string of the molecule is CNC.COc1ccc(C(c2ccccc2C)c2ccccc2C)cc1. The predicted molar refractivity (Wildman–Crippen MR) is 111 cm³/mol. The molecule has 0 heterocycles. The quantitative estimate of drug-likeness (QED) is 0.644. The van der Waals surface area contributed by atoms with Crippen LogP contribution in [-0.2, 0) is 0 Å². The van der Waals surface area contributed by atoms with Crippen LogP contribution in [0.4, 0.5) is 0 Å². The Morgan fingerprint density at radius 3 is 1.50 bits per heavy atom. The predicted octanol–water partition coefficient (Wildman–Crippen LogP) is 5.33. The molecule has 136 valence electrons. The van der Waals surface area contributed by atoms with Gasteiger partial charge in [-0.1, -0.05) is 60.7 Å². The summed E-state index contributed by atoms with van der Waals surface area (Å²) in [7, 11) is 5.45. The molecular weight excluding hydrogens is 318 g/mol. The van der Waals surface area contributed by atoms with Crippen molar-refractivity contribution in [3.8, 4) is 5.75 Å². The van der Waals surface area contributed by atoms with Gasteiger partial charge in [0.15, 0.2) is 0 Å². The Labute approximate surface area is 157 Å². The van der Waals surface area contributed by atoms with Crippen LogP contribution in [0.5, 0.6) is 5.75 Å². The van der Waals surface area contributed by atoms with Crippen LogP contribution in [0.1, 0.15) is 33.7 Å². The van der Waals surface area contributed by atoms with Gasteiger partial charge in [-0.2, -0.15) is 0 Å². The number of hydrogen-bond acceptors (Lipinski definition) is 2.